The number of methoxy groups -OCH3 is 1. The van der Waals surface area contributed by atoms with Gasteiger partial charge >= 0.3 is 0 Å². The number of ether oxygens (including phenoxy) is 1. The third kappa shape index (κ3) is 5.30. The normalized spacial score (nSPS) is 13.1. The van der Waals surface area contributed by atoms with Crippen molar-refractivity contribution in [3.8, 4) is 0 Å². The topological polar surface area (TPSA) is 64.3 Å². The van der Waals surface area contributed by atoms with Gasteiger partial charge in [-0.15, -0.1) is 0 Å². The second kappa shape index (κ2) is 6.57. The molecular weight excluding hydrogens is 240 g/mol. The average molecular weight is 264 g/mol. The second-order valence-electron chi connectivity index (χ2n) is 5.81. The van der Waals surface area contributed by atoms with E-state index in [0.29, 0.717) is 18.7 Å². The molecule has 4 heteroatoms. The maximum atomic E-state index is 11.8. The second-order valence-corrected chi connectivity index (χ2v) is 5.81. The van der Waals surface area contributed by atoms with Gasteiger partial charge < -0.3 is 15.8 Å². The first kappa shape index (κ1) is 15.5. The van der Waals surface area contributed by atoms with Gasteiger partial charge in [0.05, 0.1) is 12.5 Å². The van der Waals surface area contributed by atoms with Gasteiger partial charge in [0.25, 0.3) is 0 Å². The van der Waals surface area contributed by atoms with Gasteiger partial charge in [0, 0.05) is 19.3 Å². The standard InChI is InChI=1S/C15H24N2O2/c1-15(2,3)13(19-4)10-17-14(18)9-11-5-7-12(16)8-6-11/h5-8,13H,9-10,16H2,1-4H3,(H,17,18). The van der Waals surface area contributed by atoms with Crippen LogP contribution in [0.15, 0.2) is 24.3 Å². The molecule has 0 saturated carbocycles. The van der Waals surface area contributed by atoms with E-state index in [4.69, 9.17) is 10.5 Å². The van der Waals surface area contributed by atoms with Crippen molar-refractivity contribution in [2.75, 3.05) is 19.4 Å². The molecule has 106 valence electrons. The zero-order chi connectivity index (χ0) is 14.5. The molecule has 0 aliphatic heterocycles. The Balaban J connectivity index is 2.45. The maximum absolute atomic E-state index is 11.8. The van der Waals surface area contributed by atoms with Crippen molar-refractivity contribution >= 4 is 11.6 Å². The Morgan fingerprint density at radius 2 is 1.89 bits per heavy atom. The van der Waals surface area contributed by atoms with Crippen LogP contribution in [0.1, 0.15) is 26.3 Å². The molecule has 1 aromatic rings. The molecule has 0 aliphatic rings. The summed E-state index contributed by atoms with van der Waals surface area (Å²) in [5.41, 5.74) is 7.27. The van der Waals surface area contributed by atoms with Crippen molar-refractivity contribution < 1.29 is 9.53 Å². The summed E-state index contributed by atoms with van der Waals surface area (Å²) in [6.07, 6.45) is 0.365. The summed E-state index contributed by atoms with van der Waals surface area (Å²) in [4.78, 5) is 11.8. The Bertz CT molecular complexity index is 407. The highest BCUT2D eigenvalue weighted by atomic mass is 16.5. The molecule has 3 N–H and O–H groups in total. The van der Waals surface area contributed by atoms with Crippen molar-refractivity contribution in [1.29, 1.82) is 0 Å². The van der Waals surface area contributed by atoms with Gasteiger partial charge in [0.15, 0.2) is 0 Å². The first-order valence-corrected chi connectivity index (χ1v) is 6.47. The highest BCUT2D eigenvalue weighted by Gasteiger charge is 2.24. The molecule has 0 bridgehead atoms. The molecule has 0 aromatic heterocycles. The number of nitrogens with one attached hydrogen (secondary N) is 1. The average Bonchev–Trinajstić information content (AvgIpc) is 2.31. The van der Waals surface area contributed by atoms with Gasteiger partial charge in [-0.1, -0.05) is 32.9 Å². The van der Waals surface area contributed by atoms with E-state index in [9.17, 15) is 4.79 Å². The van der Waals surface area contributed by atoms with E-state index in [-0.39, 0.29) is 17.4 Å². The number of nitrogens with two attached hydrogens (primary N) is 1. The van der Waals surface area contributed by atoms with Crippen LogP contribution in [0.3, 0.4) is 0 Å². The number of carbonyl (C=O) groups excluding carboxylic acids is 1. The summed E-state index contributed by atoms with van der Waals surface area (Å²) in [5, 5.41) is 2.91. The van der Waals surface area contributed by atoms with Gasteiger partial charge in [-0.25, -0.2) is 0 Å². The number of benzene rings is 1. The molecule has 1 unspecified atom stereocenters. The highest BCUT2D eigenvalue weighted by Crippen LogP contribution is 2.20. The number of rotatable bonds is 5. The fourth-order valence-electron chi connectivity index (χ4n) is 1.83. The molecule has 0 radical (unpaired) electrons. The van der Waals surface area contributed by atoms with Crippen molar-refractivity contribution in [2.45, 2.75) is 33.3 Å². The van der Waals surface area contributed by atoms with Crippen molar-refractivity contribution in [1.82, 2.24) is 5.32 Å². The van der Waals surface area contributed by atoms with Crippen LogP contribution in [0.2, 0.25) is 0 Å². The third-order valence-corrected chi connectivity index (χ3v) is 3.08. The van der Waals surface area contributed by atoms with Gasteiger partial charge in [0.2, 0.25) is 5.91 Å². The zero-order valence-electron chi connectivity index (χ0n) is 12.2. The molecule has 1 aromatic carbocycles. The lowest BCUT2D eigenvalue weighted by atomic mass is 9.89. The Hall–Kier alpha value is -1.55. The fourth-order valence-corrected chi connectivity index (χ4v) is 1.83. The van der Waals surface area contributed by atoms with E-state index in [1.807, 2.05) is 12.1 Å². The summed E-state index contributed by atoms with van der Waals surface area (Å²) in [6, 6.07) is 7.34. The number of hydrogen-bond acceptors (Lipinski definition) is 3. The number of anilines is 1. The van der Waals surface area contributed by atoms with Gasteiger partial charge in [-0.3, -0.25) is 4.79 Å². The Labute approximate surface area is 115 Å². The van der Waals surface area contributed by atoms with Crippen LogP contribution in [-0.2, 0) is 16.0 Å². The number of nitrogen functional groups attached to an aromatic ring is 1. The summed E-state index contributed by atoms with van der Waals surface area (Å²) in [5.74, 6) is -0.00364. The lowest BCUT2D eigenvalue weighted by Crippen LogP contribution is -2.41. The third-order valence-electron chi connectivity index (χ3n) is 3.08. The van der Waals surface area contributed by atoms with E-state index in [1.54, 1.807) is 19.2 Å². The molecule has 19 heavy (non-hydrogen) atoms. The minimum atomic E-state index is -0.00364. The maximum Gasteiger partial charge on any atom is 0.224 e. The summed E-state index contributed by atoms with van der Waals surface area (Å²) in [6.45, 7) is 6.79. The van der Waals surface area contributed by atoms with Gasteiger partial charge in [-0.05, 0) is 23.1 Å². The molecule has 0 aliphatic carbocycles. The summed E-state index contributed by atoms with van der Waals surface area (Å²) >= 11 is 0. The molecule has 0 fully saturated rings. The van der Waals surface area contributed by atoms with Crippen LogP contribution in [0, 0.1) is 5.41 Å². The smallest absolute Gasteiger partial charge is 0.224 e. The van der Waals surface area contributed by atoms with Crippen LogP contribution < -0.4 is 11.1 Å². The van der Waals surface area contributed by atoms with E-state index < -0.39 is 0 Å². The largest absolute Gasteiger partial charge is 0.399 e. The number of amides is 1. The highest BCUT2D eigenvalue weighted by molar-refractivity contribution is 5.78. The van der Waals surface area contributed by atoms with Crippen LogP contribution in [-0.4, -0.2) is 25.7 Å². The van der Waals surface area contributed by atoms with Crippen molar-refractivity contribution in [3.05, 3.63) is 29.8 Å². The number of hydrogen-bond donors (Lipinski definition) is 2. The van der Waals surface area contributed by atoms with Crippen LogP contribution in [0.5, 0.6) is 0 Å². The minimum absolute atomic E-state index is 0.00266. The predicted octanol–water partition coefficient (Wildman–Crippen LogP) is 1.99. The van der Waals surface area contributed by atoms with Gasteiger partial charge in [0.1, 0.15) is 0 Å². The Kier molecular flexibility index (Phi) is 5.36. The molecule has 1 amide bonds. The SMILES string of the molecule is COC(CNC(=O)Cc1ccc(N)cc1)C(C)(C)C. The molecule has 1 rings (SSSR count). The lowest BCUT2D eigenvalue weighted by molar-refractivity contribution is -0.121. The monoisotopic (exact) mass is 264 g/mol. The van der Waals surface area contributed by atoms with Crippen molar-refractivity contribution in [3.63, 3.8) is 0 Å². The van der Waals surface area contributed by atoms with E-state index in [1.165, 1.54) is 0 Å². The quantitative estimate of drug-likeness (QED) is 0.799. The fraction of sp³-hybridized carbons (Fsp3) is 0.533. The van der Waals surface area contributed by atoms with E-state index in [2.05, 4.69) is 26.1 Å². The number of carbonyl (C=O) groups is 1. The molecule has 0 spiro atoms. The predicted molar refractivity (Wildman–Crippen MR) is 77.8 cm³/mol. The molecule has 1 atom stereocenters. The summed E-state index contributed by atoms with van der Waals surface area (Å²) < 4.78 is 5.40. The lowest BCUT2D eigenvalue weighted by Gasteiger charge is -2.29. The van der Waals surface area contributed by atoms with Gasteiger partial charge in [-0.2, -0.15) is 0 Å². The van der Waals surface area contributed by atoms with Crippen molar-refractivity contribution in [2.24, 2.45) is 5.41 Å². The molecule has 0 saturated heterocycles. The van der Waals surface area contributed by atoms with E-state index in [0.717, 1.165) is 5.56 Å². The first-order valence-electron chi connectivity index (χ1n) is 6.47. The zero-order valence-corrected chi connectivity index (χ0v) is 12.2. The molecule has 4 nitrogen and oxygen atoms in total. The molecule has 0 heterocycles. The molecular formula is C15H24N2O2. The van der Waals surface area contributed by atoms with E-state index >= 15 is 0 Å². The minimum Gasteiger partial charge on any atom is -0.399 e. The van der Waals surface area contributed by atoms with Crippen LogP contribution >= 0.6 is 0 Å². The Morgan fingerprint density at radius 3 is 2.37 bits per heavy atom. The van der Waals surface area contributed by atoms with Crippen LogP contribution in [0.4, 0.5) is 5.69 Å². The first-order chi connectivity index (χ1) is 8.82. The Morgan fingerprint density at radius 1 is 1.32 bits per heavy atom. The summed E-state index contributed by atoms with van der Waals surface area (Å²) in [7, 11) is 1.67. The van der Waals surface area contributed by atoms with Crippen LogP contribution in [0.25, 0.3) is 0 Å².